The third-order valence-electron chi connectivity index (χ3n) is 1.60. The Morgan fingerprint density at radius 1 is 1.78 bits per heavy atom. The van der Waals surface area contributed by atoms with Gasteiger partial charge in [-0.2, -0.15) is 0 Å². The van der Waals surface area contributed by atoms with E-state index in [2.05, 4.69) is 5.32 Å². The van der Waals surface area contributed by atoms with Gasteiger partial charge in [-0.25, -0.2) is 4.79 Å². The Balaban J connectivity index is 2.47. The number of nitrogens with one attached hydrogen (secondary N) is 1. The van der Waals surface area contributed by atoms with E-state index in [-0.39, 0.29) is 18.2 Å². The molecule has 0 aromatic carbocycles. The molecular formula is C6H11NO2. The molecule has 1 aliphatic heterocycles. The van der Waals surface area contributed by atoms with Gasteiger partial charge in [-0.05, 0) is 13.3 Å². The van der Waals surface area contributed by atoms with Crippen molar-refractivity contribution >= 4 is 6.09 Å². The second-order valence-corrected chi connectivity index (χ2v) is 2.27. The third-order valence-corrected chi connectivity index (χ3v) is 1.60. The molecule has 0 bridgehead atoms. The summed E-state index contributed by atoms with van der Waals surface area (Å²) in [6.07, 6.45) is 0.698. The summed E-state index contributed by atoms with van der Waals surface area (Å²) in [5.74, 6) is 0. The predicted molar refractivity (Wildman–Crippen MR) is 33.2 cm³/mol. The highest BCUT2D eigenvalue weighted by molar-refractivity contribution is 5.70. The molecule has 1 N–H and O–H groups in total. The Hall–Kier alpha value is -0.730. The summed E-state index contributed by atoms with van der Waals surface area (Å²) in [5.41, 5.74) is 0. The minimum atomic E-state index is -0.283. The molecule has 0 saturated carbocycles. The number of hydrogen-bond acceptors (Lipinski definition) is 2. The van der Waals surface area contributed by atoms with Crippen LogP contribution in [0, 0.1) is 0 Å². The summed E-state index contributed by atoms with van der Waals surface area (Å²) in [6, 6.07) is 0.220. The highest BCUT2D eigenvalue weighted by Gasteiger charge is 2.28. The number of alkyl carbamates (subject to hydrolysis) is 1. The molecule has 2 atom stereocenters. The van der Waals surface area contributed by atoms with Gasteiger partial charge in [0.2, 0.25) is 0 Å². The molecule has 1 saturated heterocycles. The second-order valence-electron chi connectivity index (χ2n) is 2.27. The molecule has 0 radical (unpaired) electrons. The molecule has 0 unspecified atom stereocenters. The van der Waals surface area contributed by atoms with Crippen molar-refractivity contribution in [1.29, 1.82) is 0 Å². The van der Waals surface area contributed by atoms with Crippen molar-refractivity contribution in [2.75, 3.05) is 0 Å². The zero-order chi connectivity index (χ0) is 6.85. The minimum absolute atomic E-state index is 0.0440. The van der Waals surface area contributed by atoms with Crippen LogP contribution >= 0.6 is 0 Å². The highest BCUT2D eigenvalue weighted by Crippen LogP contribution is 2.09. The highest BCUT2D eigenvalue weighted by atomic mass is 16.6. The molecule has 1 heterocycles. The van der Waals surface area contributed by atoms with Crippen molar-refractivity contribution in [1.82, 2.24) is 5.32 Å². The van der Waals surface area contributed by atoms with Crippen LogP contribution in [0.15, 0.2) is 0 Å². The lowest BCUT2D eigenvalue weighted by molar-refractivity contribution is 0.141. The standard InChI is InChI=1S/C6H11NO2/c1-3-5-4(2)9-6(8)7-5/h4-5H,3H2,1-2H3,(H,7,8)/t4-,5+/m1/s1. The maximum absolute atomic E-state index is 10.5. The molecule has 0 aromatic rings. The second kappa shape index (κ2) is 2.25. The minimum Gasteiger partial charge on any atom is -0.444 e. The largest absolute Gasteiger partial charge is 0.444 e. The van der Waals surface area contributed by atoms with Crippen LogP contribution in [0.5, 0.6) is 0 Å². The van der Waals surface area contributed by atoms with Gasteiger partial charge in [0.25, 0.3) is 0 Å². The first kappa shape index (κ1) is 6.39. The first-order chi connectivity index (χ1) is 4.24. The quantitative estimate of drug-likeness (QED) is 0.571. The van der Waals surface area contributed by atoms with Gasteiger partial charge in [-0.15, -0.1) is 0 Å². The van der Waals surface area contributed by atoms with Gasteiger partial charge in [0, 0.05) is 0 Å². The first-order valence-electron chi connectivity index (χ1n) is 3.21. The lowest BCUT2D eigenvalue weighted by Crippen LogP contribution is -2.28. The molecule has 3 heteroatoms. The zero-order valence-corrected chi connectivity index (χ0v) is 5.68. The SMILES string of the molecule is CC[C@@H]1NC(=O)O[C@@H]1C. The van der Waals surface area contributed by atoms with Crippen LogP contribution in [0.1, 0.15) is 20.3 Å². The van der Waals surface area contributed by atoms with E-state index in [0.29, 0.717) is 0 Å². The number of rotatable bonds is 1. The molecule has 1 amide bonds. The molecular weight excluding hydrogens is 118 g/mol. The van der Waals surface area contributed by atoms with Gasteiger partial charge >= 0.3 is 6.09 Å². The summed E-state index contributed by atoms with van der Waals surface area (Å²) in [7, 11) is 0. The fourth-order valence-electron chi connectivity index (χ4n) is 0.988. The van der Waals surface area contributed by atoms with Gasteiger partial charge in [0.05, 0.1) is 6.04 Å². The fraction of sp³-hybridized carbons (Fsp3) is 0.833. The lowest BCUT2D eigenvalue weighted by atomic mass is 10.1. The van der Waals surface area contributed by atoms with Gasteiger partial charge < -0.3 is 10.1 Å². The zero-order valence-electron chi connectivity index (χ0n) is 5.68. The summed E-state index contributed by atoms with van der Waals surface area (Å²) < 4.78 is 4.81. The Bertz CT molecular complexity index is 124. The van der Waals surface area contributed by atoms with Crippen LogP contribution in [0.3, 0.4) is 0 Å². The predicted octanol–water partition coefficient (Wildman–Crippen LogP) is 0.893. The maximum Gasteiger partial charge on any atom is 0.407 e. The van der Waals surface area contributed by atoms with Gasteiger partial charge in [0.1, 0.15) is 6.10 Å². The van der Waals surface area contributed by atoms with E-state index in [9.17, 15) is 4.79 Å². The number of cyclic esters (lactones) is 1. The van der Waals surface area contributed by atoms with Crippen molar-refractivity contribution in [2.45, 2.75) is 32.4 Å². The van der Waals surface area contributed by atoms with Gasteiger partial charge in [-0.1, -0.05) is 6.92 Å². The normalized spacial score (nSPS) is 33.8. The Morgan fingerprint density at radius 2 is 2.44 bits per heavy atom. The number of ether oxygens (including phenoxy) is 1. The molecule has 0 aliphatic carbocycles. The number of carbonyl (C=O) groups is 1. The van der Waals surface area contributed by atoms with E-state index < -0.39 is 0 Å². The molecule has 1 rings (SSSR count). The fourth-order valence-corrected chi connectivity index (χ4v) is 0.988. The molecule has 9 heavy (non-hydrogen) atoms. The summed E-state index contributed by atoms with van der Waals surface area (Å²) in [6.45, 7) is 3.92. The van der Waals surface area contributed by atoms with Crippen LogP contribution in [-0.4, -0.2) is 18.2 Å². The number of amides is 1. The van der Waals surface area contributed by atoms with E-state index in [0.717, 1.165) is 6.42 Å². The van der Waals surface area contributed by atoms with Crippen molar-refractivity contribution in [3.8, 4) is 0 Å². The van der Waals surface area contributed by atoms with Crippen LogP contribution in [0.2, 0.25) is 0 Å². The maximum atomic E-state index is 10.5. The topological polar surface area (TPSA) is 38.3 Å². The molecule has 1 aliphatic rings. The number of hydrogen-bond donors (Lipinski definition) is 1. The van der Waals surface area contributed by atoms with Gasteiger partial charge in [-0.3, -0.25) is 0 Å². The van der Waals surface area contributed by atoms with Crippen LogP contribution in [0.25, 0.3) is 0 Å². The smallest absolute Gasteiger partial charge is 0.407 e. The van der Waals surface area contributed by atoms with Crippen LogP contribution in [0.4, 0.5) is 4.79 Å². The Morgan fingerprint density at radius 3 is 2.67 bits per heavy atom. The van der Waals surface area contributed by atoms with E-state index in [1.807, 2.05) is 13.8 Å². The van der Waals surface area contributed by atoms with Crippen molar-refractivity contribution in [3.63, 3.8) is 0 Å². The molecule has 52 valence electrons. The molecule has 0 aromatic heterocycles. The summed E-state index contributed by atoms with van der Waals surface area (Å²) in [5, 5.41) is 2.69. The first-order valence-corrected chi connectivity index (χ1v) is 3.21. The molecule has 1 fully saturated rings. The van der Waals surface area contributed by atoms with Gasteiger partial charge in [0.15, 0.2) is 0 Å². The molecule has 0 spiro atoms. The Kier molecular flexibility index (Phi) is 1.60. The Labute approximate surface area is 54.4 Å². The van der Waals surface area contributed by atoms with Crippen molar-refractivity contribution in [3.05, 3.63) is 0 Å². The summed E-state index contributed by atoms with van der Waals surface area (Å²) >= 11 is 0. The molecule has 3 nitrogen and oxygen atoms in total. The third kappa shape index (κ3) is 1.15. The van der Waals surface area contributed by atoms with E-state index in [1.54, 1.807) is 0 Å². The van der Waals surface area contributed by atoms with Crippen LogP contribution < -0.4 is 5.32 Å². The van der Waals surface area contributed by atoms with E-state index >= 15 is 0 Å². The van der Waals surface area contributed by atoms with E-state index in [1.165, 1.54) is 0 Å². The van der Waals surface area contributed by atoms with E-state index in [4.69, 9.17) is 4.74 Å². The lowest BCUT2D eigenvalue weighted by Gasteiger charge is -2.07. The average Bonchev–Trinajstić information content (AvgIpc) is 2.10. The number of carbonyl (C=O) groups excluding carboxylic acids is 1. The van der Waals surface area contributed by atoms with Crippen molar-refractivity contribution < 1.29 is 9.53 Å². The van der Waals surface area contributed by atoms with Crippen LogP contribution in [-0.2, 0) is 4.74 Å². The average molecular weight is 129 g/mol. The van der Waals surface area contributed by atoms with Crippen molar-refractivity contribution in [2.24, 2.45) is 0 Å². The summed E-state index contributed by atoms with van der Waals surface area (Å²) in [4.78, 5) is 10.5. The monoisotopic (exact) mass is 129 g/mol.